The minimum Gasteiger partial charge on any atom is -0.495 e. The molecule has 0 unspecified atom stereocenters. The highest BCUT2D eigenvalue weighted by atomic mass is 32.1. The molecule has 0 atom stereocenters. The van der Waals surface area contributed by atoms with Gasteiger partial charge >= 0.3 is 0 Å². The predicted octanol–water partition coefficient (Wildman–Crippen LogP) is 4.36. The SMILES string of the molecule is COc1ccc(C)cc1NC(=O)/C(=C/c1cccs1)n1nnnc1-c1ccccc1. The normalized spacial score (nSPS) is 11.3. The van der Waals surface area contributed by atoms with Crippen molar-refractivity contribution in [2.75, 3.05) is 12.4 Å². The number of carbonyl (C=O) groups excluding carboxylic acids is 1. The lowest BCUT2D eigenvalue weighted by Crippen LogP contribution is -2.19. The fraction of sp³-hybridized carbons (Fsp3) is 0.0909. The van der Waals surface area contributed by atoms with Crippen molar-refractivity contribution in [1.29, 1.82) is 0 Å². The van der Waals surface area contributed by atoms with Gasteiger partial charge in [-0.15, -0.1) is 16.4 Å². The van der Waals surface area contributed by atoms with Crippen molar-refractivity contribution in [2.24, 2.45) is 0 Å². The number of aryl methyl sites for hydroxylation is 1. The van der Waals surface area contributed by atoms with Crippen LogP contribution in [0.15, 0.2) is 66.0 Å². The molecule has 2 heterocycles. The van der Waals surface area contributed by atoms with E-state index in [1.165, 1.54) is 16.0 Å². The minimum absolute atomic E-state index is 0.296. The van der Waals surface area contributed by atoms with Gasteiger partial charge in [0.1, 0.15) is 11.4 Å². The highest BCUT2D eigenvalue weighted by molar-refractivity contribution is 7.10. The van der Waals surface area contributed by atoms with Crippen molar-refractivity contribution >= 4 is 34.7 Å². The average Bonchev–Trinajstić information content (AvgIpc) is 3.45. The van der Waals surface area contributed by atoms with Crippen LogP contribution in [0.25, 0.3) is 23.2 Å². The molecule has 0 aliphatic rings. The van der Waals surface area contributed by atoms with Gasteiger partial charge < -0.3 is 10.1 Å². The molecule has 30 heavy (non-hydrogen) atoms. The number of ether oxygens (including phenoxy) is 1. The van der Waals surface area contributed by atoms with E-state index in [1.807, 2.05) is 73.0 Å². The third-order valence-corrected chi connectivity index (χ3v) is 5.21. The van der Waals surface area contributed by atoms with Crippen LogP contribution < -0.4 is 10.1 Å². The molecule has 4 aromatic rings. The highest BCUT2D eigenvalue weighted by Gasteiger charge is 2.20. The maximum absolute atomic E-state index is 13.4. The topological polar surface area (TPSA) is 81.9 Å². The lowest BCUT2D eigenvalue weighted by molar-refractivity contribution is -0.111. The molecular weight excluding hydrogens is 398 g/mol. The molecule has 4 rings (SSSR count). The molecule has 1 N–H and O–H groups in total. The number of anilines is 1. The molecule has 0 saturated carbocycles. The zero-order valence-corrected chi connectivity index (χ0v) is 17.3. The van der Waals surface area contributed by atoms with Crippen molar-refractivity contribution in [2.45, 2.75) is 6.92 Å². The van der Waals surface area contributed by atoms with E-state index in [1.54, 1.807) is 13.2 Å². The van der Waals surface area contributed by atoms with E-state index in [0.29, 0.717) is 23.0 Å². The second kappa shape index (κ2) is 8.71. The van der Waals surface area contributed by atoms with Crippen LogP contribution in [0.1, 0.15) is 10.4 Å². The van der Waals surface area contributed by atoms with Gasteiger partial charge in [-0.25, -0.2) is 0 Å². The van der Waals surface area contributed by atoms with Crippen molar-refractivity contribution in [1.82, 2.24) is 20.2 Å². The number of rotatable bonds is 6. The van der Waals surface area contributed by atoms with E-state index in [0.717, 1.165) is 16.0 Å². The average molecular weight is 417 g/mol. The lowest BCUT2D eigenvalue weighted by atomic mass is 10.2. The largest absolute Gasteiger partial charge is 0.495 e. The molecule has 0 aliphatic carbocycles. The molecular formula is C22H19N5O2S. The molecule has 0 aliphatic heterocycles. The minimum atomic E-state index is -0.350. The summed E-state index contributed by atoms with van der Waals surface area (Å²) in [5.74, 6) is 0.700. The number of amides is 1. The summed E-state index contributed by atoms with van der Waals surface area (Å²) < 4.78 is 6.84. The Morgan fingerprint density at radius 2 is 1.97 bits per heavy atom. The summed E-state index contributed by atoms with van der Waals surface area (Å²) in [5.41, 5.74) is 2.68. The fourth-order valence-corrected chi connectivity index (χ4v) is 3.60. The summed E-state index contributed by atoms with van der Waals surface area (Å²) in [7, 11) is 1.57. The Bertz CT molecular complexity index is 1180. The van der Waals surface area contributed by atoms with E-state index in [4.69, 9.17) is 4.74 Å². The van der Waals surface area contributed by atoms with Gasteiger partial charge in [-0.3, -0.25) is 4.79 Å². The number of hydrogen-bond donors (Lipinski definition) is 1. The maximum Gasteiger partial charge on any atom is 0.274 e. The van der Waals surface area contributed by atoms with Crippen LogP contribution in [0.5, 0.6) is 5.75 Å². The van der Waals surface area contributed by atoms with Gasteiger partial charge in [0.25, 0.3) is 5.91 Å². The molecule has 8 heteroatoms. The third-order valence-electron chi connectivity index (χ3n) is 4.39. The molecule has 0 fully saturated rings. The van der Waals surface area contributed by atoms with Crippen LogP contribution in [-0.2, 0) is 4.79 Å². The first kappa shape index (κ1) is 19.5. The maximum atomic E-state index is 13.4. The Balaban J connectivity index is 1.77. The van der Waals surface area contributed by atoms with Gasteiger partial charge in [-0.05, 0) is 52.6 Å². The Hall–Kier alpha value is -3.78. The number of carbonyl (C=O) groups is 1. The summed E-state index contributed by atoms with van der Waals surface area (Å²) in [4.78, 5) is 14.3. The molecule has 2 aromatic heterocycles. The van der Waals surface area contributed by atoms with E-state index in [9.17, 15) is 4.79 Å². The number of tetrazole rings is 1. The third kappa shape index (κ3) is 4.13. The quantitative estimate of drug-likeness (QED) is 0.472. The first-order valence-electron chi connectivity index (χ1n) is 9.21. The van der Waals surface area contributed by atoms with Gasteiger partial charge in [0, 0.05) is 10.4 Å². The summed E-state index contributed by atoms with van der Waals surface area (Å²) in [5, 5.41) is 16.9. The van der Waals surface area contributed by atoms with E-state index < -0.39 is 0 Å². The summed E-state index contributed by atoms with van der Waals surface area (Å²) in [6.45, 7) is 1.95. The van der Waals surface area contributed by atoms with Crippen molar-refractivity contribution in [3.05, 3.63) is 76.5 Å². The first-order valence-corrected chi connectivity index (χ1v) is 10.1. The van der Waals surface area contributed by atoms with E-state index >= 15 is 0 Å². The highest BCUT2D eigenvalue weighted by Crippen LogP contribution is 2.28. The van der Waals surface area contributed by atoms with Crippen LogP contribution in [0.2, 0.25) is 0 Å². The Morgan fingerprint density at radius 1 is 1.13 bits per heavy atom. The number of hydrogen-bond acceptors (Lipinski definition) is 6. The Labute approximate surface area is 177 Å². The van der Waals surface area contributed by atoms with Crippen molar-refractivity contribution in [3.63, 3.8) is 0 Å². The van der Waals surface area contributed by atoms with Crippen LogP contribution in [-0.4, -0.2) is 33.2 Å². The number of thiophene rings is 1. The molecule has 0 saturated heterocycles. The van der Waals surface area contributed by atoms with Gasteiger partial charge in [0.05, 0.1) is 12.8 Å². The Morgan fingerprint density at radius 3 is 2.70 bits per heavy atom. The zero-order chi connectivity index (χ0) is 20.9. The van der Waals surface area contributed by atoms with Crippen LogP contribution in [0.3, 0.4) is 0 Å². The first-order chi connectivity index (χ1) is 14.7. The van der Waals surface area contributed by atoms with E-state index in [2.05, 4.69) is 20.8 Å². The second-order valence-corrected chi connectivity index (χ2v) is 7.46. The molecule has 0 bridgehead atoms. The van der Waals surface area contributed by atoms with Crippen molar-refractivity contribution < 1.29 is 9.53 Å². The second-order valence-electron chi connectivity index (χ2n) is 6.48. The van der Waals surface area contributed by atoms with Crippen LogP contribution in [0.4, 0.5) is 5.69 Å². The number of benzene rings is 2. The summed E-state index contributed by atoms with van der Waals surface area (Å²) in [6.07, 6.45) is 1.77. The number of nitrogens with one attached hydrogen (secondary N) is 1. The number of nitrogens with zero attached hydrogens (tertiary/aromatic N) is 4. The molecule has 0 radical (unpaired) electrons. The zero-order valence-electron chi connectivity index (χ0n) is 16.4. The predicted molar refractivity (Wildman–Crippen MR) is 118 cm³/mol. The van der Waals surface area contributed by atoms with Crippen LogP contribution >= 0.6 is 11.3 Å². The molecule has 7 nitrogen and oxygen atoms in total. The van der Waals surface area contributed by atoms with Gasteiger partial charge in [-0.1, -0.05) is 42.5 Å². The number of methoxy groups -OCH3 is 1. The van der Waals surface area contributed by atoms with Gasteiger partial charge in [0.15, 0.2) is 5.82 Å². The number of aromatic nitrogens is 4. The standard InChI is InChI=1S/C22H19N5O2S/c1-15-10-11-20(29-2)18(13-15)23-22(28)19(14-17-9-6-12-30-17)27-21(24-25-26-27)16-7-4-3-5-8-16/h3-14H,1-2H3,(H,23,28)/b19-14-. The molecule has 0 spiro atoms. The van der Waals surface area contributed by atoms with Gasteiger partial charge in [-0.2, -0.15) is 4.68 Å². The monoisotopic (exact) mass is 417 g/mol. The fourth-order valence-electron chi connectivity index (χ4n) is 2.95. The van der Waals surface area contributed by atoms with Gasteiger partial charge in [0.2, 0.25) is 0 Å². The Kier molecular flexibility index (Phi) is 5.67. The van der Waals surface area contributed by atoms with E-state index in [-0.39, 0.29) is 5.91 Å². The van der Waals surface area contributed by atoms with Crippen LogP contribution in [0, 0.1) is 6.92 Å². The molecule has 2 aromatic carbocycles. The molecule has 1 amide bonds. The smallest absolute Gasteiger partial charge is 0.274 e. The molecule has 150 valence electrons. The lowest BCUT2D eigenvalue weighted by Gasteiger charge is -2.13. The summed E-state index contributed by atoms with van der Waals surface area (Å²) in [6, 6.07) is 19.0. The van der Waals surface area contributed by atoms with Crippen molar-refractivity contribution in [3.8, 4) is 17.1 Å². The summed E-state index contributed by atoms with van der Waals surface area (Å²) >= 11 is 1.52.